The zero-order valence-electron chi connectivity index (χ0n) is 15.7. The number of ether oxygens (including phenoxy) is 1. The first-order valence-corrected chi connectivity index (χ1v) is 11.6. The Morgan fingerprint density at radius 3 is 2.48 bits per heavy atom. The minimum absolute atomic E-state index is 0.143. The smallest absolute Gasteiger partial charge is 0.294 e. The van der Waals surface area contributed by atoms with Gasteiger partial charge < -0.3 is 10.1 Å². The van der Waals surface area contributed by atoms with Gasteiger partial charge in [0.15, 0.2) is 0 Å². The topological polar surface area (TPSA) is 75.7 Å². The lowest BCUT2D eigenvalue weighted by Crippen LogP contribution is -2.36. The molecule has 0 bridgehead atoms. The Hall–Kier alpha value is -2.11. The van der Waals surface area contributed by atoms with Gasteiger partial charge in [-0.1, -0.05) is 5.92 Å². The van der Waals surface area contributed by atoms with Crippen LogP contribution in [-0.4, -0.2) is 35.1 Å². The number of anilines is 1. The van der Waals surface area contributed by atoms with E-state index in [1.54, 1.807) is 6.08 Å². The number of halogens is 3. The van der Waals surface area contributed by atoms with Gasteiger partial charge >= 0.3 is 0 Å². The van der Waals surface area contributed by atoms with Crippen LogP contribution in [0.1, 0.15) is 5.56 Å². The summed E-state index contributed by atoms with van der Waals surface area (Å²) in [7, 11) is 0. The van der Waals surface area contributed by atoms with Gasteiger partial charge in [-0.25, -0.2) is 4.39 Å². The molecule has 31 heavy (non-hydrogen) atoms. The molecular weight excluding hydrogens is 649 g/mol. The van der Waals surface area contributed by atoms with Gasteiger partial charge in [-0.2, -0.15) is 0 Å². The van der Waals surface area contributed by atoms with Gasteiger partial charge in [-0.15, -0.1) is 6.42 Å². The fraction of sp³-hybridized carbons (Fsp3) is 0.0952. The van der Waals surface area contributed by atoms with Crippen LogP contribution < -0.4 is 10.1 Å². The minimum Gasteiger partial charge on any atom is -0.479 e. The van der Waals surface area contributed by atoms with E-state index in [2.05, 4.69) is 56.4 Å². The summed E-state index contributed by atoms with van der Waals surface area (Å²) in [6, 6.07) is 8.80. The Labute approximate surface area is 209 Å². The molecule has 2 aromatic rings. The van der Waals surface area contributed by atoms with E-state index in [4.69, 9.17) is 11.2 Å². The lowest BCUT2D eigenvalue weighted by Gasteiger charge is -2.12. The summed E-state index contributed by atoms with van der Waals surface area (Å²) >= 11 is 4.98. The number of thioether (sulfide) groups is 1. The van der Waals surface area contributed by atoms with E-state index in [0.717, 1.165) is 23.8 Å². The summed E-state index contributed by atoms with van der Waals surface area (Å²) in [6.45, 7) is -0.294. The van der Waals surface area contributed by atoms with Crippen LogP contribution in [0.15, 0.2) is 41.3 Å². The average molecular weight is 662 g/mol. The summed E-state index contributed by atoms with van der Waals surface area (Å²) < 4.78 is 20.1. The number of hydrogen-bond donors (Lipinski definition) is 1. The Morgan fingerprint density at radius 2 is 1.87 bits per heavy atom. The van der Waals surface area contributed by atoms with Crippen LogP contribution in [-0.2, 0) is 9.59 Å². The van der Waals surface area contributed by atoms with Crippen LogP contribution in [0.3, 0.4) is 0 Å². The molecule has 0 atom stereocenters. The number of carbonyl (C=O) groups excluding carboxylic acids is 3. The molecule has 6 nitrogen and oxygen atoms in total. The quantitative estimate of drug-likeness (QED) is 0.276. The van der Waals surface area contributed by atoms with Crippen molar-refractivity contribution >= 4 is 85.8 Å². The molecule has 10 heteroatoms. The predicted molar refractivity (Wildman–Crippen MR) is 134 cm³/mol. The van der Waals surface area contributed by atoms with E-state index < -0.39 is 29.4 Å². The lowest BCUT2D eigenvalue weighted by molar-refractivity contribution is -0.127. The third-order valence-electron chi connectivity index (χ3n) is 3.92. The molecular formula is C21H13FI2N2O4S. The highest BCUT2D eigenvalue weighted by molar-refractivity contribution is 14.1. The second-order valence-electron chi connectivity index (χ2n) is 6.13. The molecule has 2 aromatic carbocycles. The van der Waals surface area contributed by atoms with Crippen molar-refractivity contribution in [1.82, 2.24) is 4.90 Å². The first kappa shape index (κ1) is 23.6. The highest BCUT2D eigenvalue weighted by atomic mass is 127. The molecule has 0 aliphatic carbocycles. The molecule has 0 radical (unpaired) electrons. The molecule has 1 aliphatic heterocycles. The van der Waals surface area contributed by atoms with Gasteiger partial charge in [0.2, 0.25) is 5.91 Å². The molecule has 0 saturated carbocycles. The molecule has 3 rings (SSSR count). The molecule has 0 spiro atoms. The SMILES string of the molecule is C#CCOc1c(I)cc(/C=C2\SC(=O)N(CC(=O)Nc3ccc(F)cc3)C2=O)cc1I. The molecule has 1 aliphatic rings. The summed E-state index contributed by atoms with van der Waals surface area (Å²) in [4.78, 5) is 38.2. The number of amides is 3. The third kappa shape index (κ3) is 5.98. The van der Waals surface area contributed by atoms with Gasteiger partial charge in [-0.3, -0.25) is 19.3 Å². The van der Waals surface area contributed by atoms with Crippen molar-refractivity contribution in [2.75, 3.05) is 18.5 Å². The highest BCUT2D eigenvalue weighted by Gasteiger charge is 2.36. The Kier molecular flexibility index (Phi) is 7.95. The number of terminal acetylenes is 1. The van der Waals surface area contributed by atoms with Crippen LogP contribution in [0.5, 0.6) is 5.75 Å². The number of imide groups is 1. The second-order valence-corrected chi connectivity index (χ2v) is 9.45. The van der Waals surface area contributed by atoms with E-state index in [1.807, 2.05) is 12.1 Å². The highest BCUT2D eigenvalue weighted by Crippen LogP contribution is 2.34. The minimum atomic E-state index is -0.561. The van der Waals surface area contributed by atoms with Gasteiger partial charge in [0.25, 0.3) is 11.1 Å². The Bertz CT molecular complexity index is 1110. The van der Waals surface area contributed by atoms with Gasteiger partial charge in [0.1, 0.15) is 24.7 Å². The van der Waals surface area contributed by atoms with E-state index in [9.17, 15) is 18.8 Å². The molecule has 1 saturated heterocycles. The fourth-order valence-corrected chi connectivity index (χ4v) is 5.55. The van der Waals surface area contributed by atoms with Crippen molar-refractivity contribution in [2.45, 2.75) is 0 Å². The number of nitrogens with one attached hydrogen (secondary N) is 1. The van der Waals surface area contributed by atoms with E-state index in [1.165, 1.54) is 24.3 Å². The fourth-order valence-electron chi connectivity index (χ4n) is 2.58. The molecule has 0 aromatic heterocycles. The molecule has 1 fully saturated rings. The number of nitrogens with zero attached hydrogens (tertiary/aromatic N) is 1. The maximum atomic E-state index is 13.0. The summed E-state index contributed by atoms with van der Waals surface area (Å²) in [5.74, 6) is 1.52. The van der Waals surface area contributed by atoms with Gasteiger partial charge in [0.05, 0.1) is 12.0 Å². The van der Waals surface area contributed by atoms with Crippen molar-refractivity contribution in [1.29, 1.82) is 0 Å². The van der Waals surface area contributed by atoms with Crippen molar-refractivity contribution in [2.24, 2.45) is 0 Å². The van der Waals surface area contributed by atoms with E-state index in [0.29, 0.717) is 17.0 Å². The zero-order valence-corrected chi connectivity index (χ0v) is 20.8. The van der Waals surface area contributed by atoms with Gasteiger partial charge in [0, 0.05) is 5.69 Å². The Morgan fingerprint density at radius 1 is 1.23 bits per heavy atom. The zero-order chi connectivity index (χ0) is 22.5. The first-order chi connectivity index (χ1) is 14.8. The normalized spacial score (nSPS) is 14.6. The monoisotopic (exact) mass is 662 g/mol. The van der Waals surface area contributed by atoms with Crippen LogP contribution in [0.2, 0.25) is 0 Å². The lowest BCUT2D eigenvalue weighted by atomic mass is 10.2. The van der Waals surface area contributed by atoms with E-state index >= 15 is 0 Å². The number of benzene rings is 2. The number of carbonyl (C=O) groups is 3. The maximum absolute atomic E-state index is 13.0. The van der Waals surface area contributed by atoms with Crippen LogP contribution >= 0.6 is 56.9 Å². The van der Waals surface area contributed by atoms with Crippen molar-refractivity contribution < 1.29 is 23.5 Å². The maximum Gasteiger partial charge on any atom is 0.294 e. The molecule has 158 valence electrons. The van der Waals surface area contributed by atoms with Gasteiger partial charge in [-0.05, 0) is 105 Å². The first-order valence-electron chi connectivity index (χ1n) is 8.64. The summed E-state index contributed by atoms with van der Waals surface area (Å²) in [5, 5.41) is 1.99. The third-order valence-corrected chi connectivity index (χ3v) is 6.43. The molecule has 1 N–H and O–H groups in total. The number of rotatable bonds is 6. The average Bonchev–Trinajstić information content (AvgIpc) is 2.96. The summed E-state index contributed by atoms with van der Waals surface area (Å²) in [6.07, 6.45) is 6.83. The van der Waals surface area contributed by atoms with E-state index in [-0.39, 0.29) is 11.5 Å². The standard InChI is InChI=1S/C21H13FI2N2O4S/c1-2-7-30-19-15(23)8-12(9-16(19)24)10-17-20(28)26(21(29)31-17)11-18(27)25-14-5-3-13(22)4-6-14/h1,3-6,8-10H,7,11H2,(H,25,27)/b17-10-. The van der Waals surface area contributed by atoms with Crippen molar-refractivity contribution in [3.8, 4) is 18.1 Å². The predicted octanol–water partition coefficient (Wildman–Crippen LogP) is 4.72. The molecule has 3 amide bonds. The second kappa shape index (κ2) is 10.5. The summed E-state index contributed by atoms with van der Waals surface area (Å²) in [5.41, 5.74) is 1.08. The Balaban J connectivity index is 1.72. The van der Waals surface area contributed by atoms with Crippen LogP contribution in [0.25, 0.3) is 6.08 Å². The van der Waals surface area contributed by atoms with Crippen molar-refractivity contribution in [3.05, 3.63) is 59.8 Å². The van der Waals surface area contributed by atoms with Crippen molar-refractivity contribution in [3.63, 3.8) is 0 Å². The molecule has 0 unspecified atom stereocenters. The molecule has 1 heterocycles. The number of hydrogen-bond acceptors (Lipinski definition) is 5. The van der Waals surface area contributed by atoms with Crippen LogP contribution in [0, 0.1) is 25.3 Å². The van der Waals surface area contributed by atoms with Crippen LogP contribution in [0.4, 0.5) is 14.9 Å². The largest absolute Gasteiger partial charge is 0.479 e.